The number of nitrogens with one attached hydrogen (secondary N) is 1. The number of halogens is 2. The van der Waals surface area contributed by atoms with E-state index >= 15 is 0 Å². The Morgan fingerprint density at radius 3 is 2.37 bits per heavy atom. The Kier molecular flexibility index (Phi) is 7.20. The lowest BCUT2D eigenvalue weighted by atomic mass is 9.84. The summed E-state index contributed by atoms with van der Waals surface area (Å²) in [4.78, 5) is 0. The molecule has 0 saturated heterocycles. The van der Waals surface area contributed by atoms with Crippen LogP contribution in [0.1, 0.15) is 52.0 Å². The van der Waals surface area contributed by atoms with E-state index in [2.05, 4.69) is 39.1 Å². The molecule has 0 aliphatic heterocycles. The van der Waals surface area contributed by atoms with Crippen LogP contribution in [-0.4, -0.2) is 12.6 Å². The Hall–Kier alpha value is -0.240. The summed E-state index contributed by atoms with van der Waals surface area (Å²) in [6.07, 6.45) is 2.41. The maximum absolute atomic E-state index is 6.37. The van der Waals surface area contributed by atoms with Crippen LogP contribution in [0.25, 0.3) is 0 Å². The highest BCUT2D eigenvalue weighted by atomic mass is 35.5. The molecule has 0 fully saturated rings. The van der Waals surface area contributed by atoms with Crippen molar-refractivity contribution in [2.75, 3.05) is 6.54 Å². The molecular weight excluding hydrogens is 277 g/mol. The monoisotopic (exact) mass is 301 g/mol. The van der Waals surface area contributed by atoms with Gasteiger partial charge >= 0.3 is 0 Å². The van der Waals surface area contributed by atoms with Gasteiger partial charge in [-0.15, -0.1) is 0 Å². The lowest BCUT2D eigenvalue weighted by Crippen LogP contribution is -2.30. The van der Waals surface area contributed by atoms with Crippen LogP contribution < -0.4 is 5.32 Å². The molecule has 2 atom stereocenters. The molecule has 2 unspecified atom stereocenters. The highest BCUT2D eigenvalue weighted by Gasteiger charge is 2.21. The Morgan fingerprint density at radius 1 is 1.16 bits per heavy atom. The van der Waals surface area contributed by atoms with E-state index in [1.807, 2.05) is 12.1 Å². The number of benzene rings is 1. The molecule has 19 heavy (non-hydrogen) atoms. The molecule has 1 aromatic rings. The molecule has 1 rings (SSSR count). The summed E-state index contributed by atoms with van der Waals surface area (Å²) in [5.74, 6) is 1.04. The lowest BCUT2D eigenvalue weighted by molar-refractivity contribution is 0.392. The first kappa shape index (κ1) is 16.8. The van der Waals surface area contributed by atoms with Crippen LogP contribution in [0.15, 0.2) is 18.2 Å². The summed E-state index contributed by atoms with van der Waals surface area (Å²) in [6.45, 7) is 9.84. The van der Waals surface area contributed by atoms with Crippen LogP contribution in [0.5, 0.6) is 0 Å². The fraction of sp³-hybridized carbons (Fsp3) is 0.625. The minimum Gasteiger partial charge on any atom is -0.314 e. The molecule has 0 amide bonds. The molecule has 3 heteroatoms. The third-order valence-corrected chi connectivity index (χ3v) is 4.10. The first-order valence-electron chi connectivity index (χ1n) is 7.14. The average Bonchev–Trinajstić information content (AvgIpc) is 2.31. The highest BCUT2D eigenvalue weighted by Crippen LogP contribution is 2.33. The molecule has 0 bridgehead atoms. The van der Waals surface area contributed by atoms with E-state index in [0.717, 1.165) is 11.6 Å². The normalized spacial score (nSPS) is 14.7. The fourth-order valence-corrected chi connectivity index (χ4v) is 2.99. The molecule has 1 nitrogen and oxygen atoms in total. The van der Waals surface area contributed by atoms with Gasteiger partial charge < -0.3 is 5.32 Å². The molecule has 0 aliphatic rings. The van der Waals surface area contributed by atoms with Gasteiger partial charge in [-0.2, -0.15) is 0 Å². The zero-order valence-corrected chi connectivity index (χ0v) is 13.9. The van der Waals surface area contributed by atoms with E-state index in [0.29, 0.717) is 22.9 Å². The predicted molar refractivity (Wildman–Crippen MR) is 86.4 cm³/mol. The van der Waals surface area contributed by atoms with E-state index in [-0.39, 0.29) is 0 Å². The highest BCUT2D eigenvalue weighted by molar-refractivity contribution is 6.35. The maximum Gasteiger partial charge on any atom is 0.0456 e. The van der Waals surface area contributed by atoms with Gasteiger partial charge in [0.2, 0.25) is 0 Å². The molecule has 1 N–H and O–H groups in total. The van der Waals surface area contributed by atoms with E-state index in [1.54, 1.807) is 0 Å². The molecule has 1 aromatic carbocycles. The van der Waals surface area contributed by atoms with Crippen molar-refractivity contribution in [3.05, 3.63) is 33.8 Å². The van der Waals surface area contributed by atoms with Gasteiger partial charge in [0.25, 0.3) is 0 Å². The van der Waals surface area contributed by atoms with Gasteiger partial charge in [-0.1, -0.05) is 69.8 Å². The third kappa shape index (κ3) is 5.33. The standard InChI is InChI=1S/C16H25Cl2N/c1-5-6-12(4)15(10-19-11(2)3)14-8-7-13(17)9-16(14)18/h7-9,11-12,15,19H,5-6,10H2,1-4H3. The van der Waals surface area contributed by atoms with Crippen LogP contribution in [0.2, 0.25) is 10.0 Å². The SMILES string of the molecule is CCCC(C)C(CNC(C)C)c1ccc(Cl)cc1Cl. The first-order valence-corrected chi connectivity index (χ1v) is 7.89. The largest absolute Gasteiger partial charge is 0.314 e. The molecule has 0 saturated carbocycles. The average molecular weight is 302 g/mol. The summed E-state index contributed by atoms with van der Waals surface area (Å²) >= 11 is 12.4. The van der Waals surface area contributed by atoms with Gasteiger partial charge in [0.15, 0.2) is 0 Å². The zero-order chi connectivity index (χ0) is 14.4. The van der Waals surface area contributed by atoms with Crippen molar-refractivity contribution in [2.24, 2.45) is 5.92 Å². The topological polar surface area (TPSA) is 12.0 Å². The van der Waals surface area contributed by atoms with Crippen LogP contribution in [0.4, 0.5) is 0 Å². The Balaban J connectivity index is 2.93. The van der Waals surface area contributed by atoms with Gasteiger partial charge in [-0.3, -0.25) is 0 Å². The van der Waals surface area contributed by atoms with Gasteiger partial charge in [0.05, 0.1) is 0 Å². The lowest BCUT2D eigenvalue weighted by Gasteiger charge is -2.26. The molecule has 0 heterocycles. The molecule has 0 aromatic heterocycles. The Morgan fingerprint density at radius 2 is 1.84 bits per heavy atom. The second kappa shape index (κ2) is 8.14. The minimum atomic E-state index is 0.437. The molecule has 108 valence electrons. The zero-order valence-electron chi connectivity index (χ0n) is 12.3. The maximum atomic E-state index is 6.37. The van der Waals surface area contributed by atoms with E-state index in [4.69, 9.17) is 23.2 Å². The predicted octanol–water partition coefficient (Wildman–Crippen LogP) is 5.51. The summed E-state index contributed by atoms with van der Waals surface area (Å²) in [6, 6.07) is 6.34. The molecule has 0 radical (unpaired) electrons. The molecule has 0 spiro atoms. The van der Waals surface area contributed by atoms with E-state index in [9.17, 15) is 0 Å². The van der Waals surface area contributed by atoms with Crippen molar-refractivity contribution >= 4 is 23.2 Å². The van der Waals surface area contributed by atoms with Crippen LogP contribution in [0.3, 0.4) is 0 Å². The first-order chi connectivity index (χ1) is 8.95. The Bertz CT molecular complexity index is 390. The van der Waals surface area contributed by atoms with Crippen molar-refractivity contribution in [1.29, 1.82) is 0 Å². The summed E-state index contributed by atoms with van der Waals surface area (Å²) in [7, 11) is 0. The van der Waals surface area contributed by atoms with Crippen molar-refractivity contribution in [2.45, 2.75) is 52.5 Å². The summed E-state index contributed by atoms with van der Waals surface area (Å²) < 4.78 is 0. The summed E-state index contributed by atoms with van der Waals surface area (Å²) in [5.41, 5.74) is 1.21. The number of rotatable bonds is 7. The van der Waals surface area contributed by atoms with Crippen molar-refractivity contribution in [3.63, 3.8) is 0 Å². The van der Waals surface area contributed by atoms with E-state index in [1.165, 1.54) is 18.4 Å². The Labute approximate surface area is 127 Å². The van der Waals surface area contributed by atoms with E-state index < -0.39 is 0 Å². The van der Waals surface area contributed by atoms with Crippen molar-refractivity contribution in [1.82, 2.24) is 5.32 Å². The molecule has 0 aliphatic carbocycles. The van der Waals surface area contributed by atoms with Crippen LogP contribution >= 0.6 is 23.2 Å². The summed E-state index contributed by atoms with van der Waals surface area (Å²) in [5, 5.41) is 5.02. The fourth-order valence-electron chi connectivity index (χ4n) is 2.44. The van der Waals surface area contributed by atoms with Gasteiger partial charge in [0, 0.05) is 28.5 Å². The van der Waals surface area contributed by atoms with Gasteiger partial charge in [0.1, 0.15) is 0 Å². The van der Waals surface area contributed by atoms with Crippen LogP contribution in [-0.2, 0) is 0 Å². The minimum absolute atomic E-state index is 0.437. The van der Waals surface area contributed by atoms with Crippen molar-refractivity contribution in [3.8, 4) is 0 Å². The number of hydrogen-bond acceptors (Lipinski definition) is 1. The van der Waals surface area contributed by atoms with Gasteiger partial charge in [-0.25, -0.2) is 0 Å². The van der Waals surface area contributed by atoms with Gasteiger partial charge in [-0.05, 0) is 23.6 Å². The number of hydrogen-bond donors (Lipinski definition) is 1. The third-order valence-electron chi connectivity index (χ3n) is 3.54. The second-order valence-corrected chi connectivity index (χ2v) is 6.44. The molecular formula is C16H25Cl2N. The second-order valence-electron chi connectivity index (χ2n) is 5.60. The van der Waals surface area contributed by atoms with Crippen molar-refractivity contribution < 1.29 is 0 Å². The van der Waals surface area contributed by atoms with Crippen LogP contribution in [0, 0.1) is 5.92 Å². The quantitative estimate of drug-likeness (QED) is 0.700. The smallest absolute Gasteiger partial charge is 0.0456 e.